The smallest absolute Gasteiger partial charge is 0.335 e. The molecule has 3 rings (SSSR count). The van der Waals surface area contributed by atoms with Crippen molar-refractivity contribution in [3.05, 3.63) is 59.7 Å². The highest BCUT2D eigenvalue weighted by molar-refractivity contribution is 5.87. The third kappa shape index (κ3) is 3.86. The standard InChI is InChI=1S/C19H22N2O3/c1-24-18-7-3-6-17(11-18)21-9-8-16(13-21)20-12-14-4-2-5-15(10-14)19(22)23/h2-7,10-11,16,20H,8-9,12-13H2,1H3,(H,22,23). The minimum Gasteiger partial charge on any atom is -0.497 e. The van der Waals surface area contributed by atoms with E-state index in [1.54, 1.807) is 25.3 Å². The number of carboxylic acid groups (broad SMARTS) is 1. The summed E-state index contributed by atoms with van der Waals surface area (Å²) in [6.07, 6.45) is 1.07. The fraction of sp³-hybridized carbons (Fsp3) is 0.316. The van der Waals surface area contributed by atoms with E-state index in [0.29, 0.717) is 18.2 Å². The topological polar surface area (TPSA) is 61.8 Å². The summed E-state index contributed by atoms with van der Waals surface area (Å²) in [5.74, 6) is -0.0173. The molecule has 2 aromatic carbocycles. The lowest BCUT2D eigenvalue weighted by Gasteiger charge is -2.19. The molecule has 2 N–H and O–H groups in total. The van der Waals surface area contributed by atoms with Crippen molar-refractivity contribution in [1.82, 2.24) is 5.32 Å². The summed E-state index contributed by atoms with van der Waals surface area (Å²) in [6.45, 7) is 2.61. The molecule has 0 spiro atoms. The first-order chi connectivity index (χ1) is 11.7. The Bertz CT molecular complexity index is 717. The van der Waals surface area contributed by atoms with Gasteiger partial charge in [0.15, 0.2) is 0 Å². The third-order valence-corrected chi connectivity index (χ3v) is 4.38. The van der Waals surface area contributed by atoms with Crippen LogP contribution in [-0.4, -0.2) is 37.3 Å². The highest BCUT2D eigenvalue weighted by Gasteiger charge is 2.22. The summed E-state index contributed by atoms with van der Waals surface area (Å²) in [5, 5.41) is 12.6. The zero-order valence-corrected chi connectivity index (χ0v) is 13.7. The van der Waals surface area contributed by atoms with Crippen LogP contribution < -0.4 is 15.0 Å². The van der Waals surface area contributed by atoms with Gasteiger partial charge in [-0.2, -0.15) is 0 Å². The zero-order chi connectivity index (χ0) is 16.9. The Kier molecular flexibility index (Phi) is 5.01. The lowest BCUT2D eigenvalue weighted by molar-refractivity contribution is 0.0696. The number of carboxylic acids is 1. The first-order valence-corrected chi connectivity index (χ1v) is 8.10. The van der Waals surface area contributed by atoms with Crippen LogP contribution in [0.2, 0.25) is 0 Å². The van der Waals surface area contributed by atoms with Crippen molar-refractivity contribution in [3.63, 3.8) is 0 Å². The van der Waals surface area contributed by atoms with Gasteiger partial charge in [-0.1, -0.05) is 18.2 Å². The number of nitrogens with one attached hydrogen (secondary N) is 1. The molecule has 0 radical (unpaired) electrons. The lowest BCUT2D eigenvalue weighted by atomic mass is 10.1. The molecule has 5 nitrogen and oxygen atoms in total. The van der Waals surface area contributed by atoms with Crippen molar-refractivity contribution in [2.45, 2.75) is 19.0 Å². The van der Waals surface area contributed by atoms with E-state index in [9.17, 15) is 4.79 Å². The maximum atomic E-state index is 11.0. The largest absolute Gasteiger partial charge is 0.497 e. The second kappa shape index (κ2) is 7.36. The van der Waals surface area contributed by atoms with Crippen LogP contribution in [0.4, 0.5) is 5.69 Å². The van der Waals surface area contributed by atoms with Gasteiger partial charge >= 0.3 is 5.97 Å². The van der Waals surface area contributed by atoms with Gasteiger partial charge in [0.05, 0.1) is 12.7 Å². The molecule has 1 fully saturated rings. The number of hydrogen-bond donors (Lipinski definition) is 2. The van der Waals surface area contributed by atoms with Crippen molar-refractivity contribution in [1.29, 1.82) is 0 Å². The van der Waals surface area contributed by atoms with E-state index >= 15 is 0 Å². The number of hydrogen-bond acceptors (Lipinski definition) is 4. The Hall–Kier alpha value is -2.53. The number of rotatable bonds is 6. The maximum absolute atomic E-state index is 11.0. The average molecular weight is 326 g/mol. The number of benzene rings is 2. The monoisotopic (exact) mass is 326 g/mol. The van der Waals surface area contributed by atoms with E-state index in [-0.39, 0.29) is 0 Å². The molecule has 1 heterocycles. The first kappa shape index (κ1) is 16.3. The Balaban J connectivity index is 1.56. The normalized spacial score (nSPS) is 17.0. The molecule has 0 aromatic heterocycles. The molecule has 1 unspecified atom stereocenters. The van der Waals surface area contributed by atoms with Gasteiger partial charge in [-0.15, -0.1) is 0 Å². The van der Waals surface area contributed by atoms with Crippen molar-refractivity contribution in [2.24, 2.45) is 0 Å². The van der Waals surface area contributed by atoms with Gasteiger partial charge in [-0.25, -0.2) is 4.79 Å². The van der Waals surface area contributed by atoms with E-state index in [1.807, 2.05) is 18.2 Å². The van der Waals surface area contributed by atoms with Crippen molar-refractivity contribution in [2.75, 3.05) is 25.1 Å². The Morgan fingerprint density at radius 1 is 1.29 bits per heavy atom. The quantitative estimate of drug-likeness (QED) is 0.855. The van der Waals surface area contributed by atoms with Crippen LogP contribution in [0.3, 0.4) is 0 Å². The number of carbonyl (C=O) groups is 1. The van der Waals surface area contributed by atoms with Gasteiger partial charge < -0.3 is 20.1 Å². The van der Waals surface area contributed by atoms with Crippen LogP contribution in [0, 0.1) is 0 Å². The Labute approximate surface area is 141 Å². The molecule has 0 saturated carbocycles. The maximum Gasteiger partial charge on any atom is 0.335 e. The second-order valence-corrected chi connectivity index (χ2v) is 6.02. The van der Waals surface area contributed by atoms with E-state index in [4.69, 9.17) is 9.84 Å². The minimum atomic E-state index is -0.887. The summed E-state index contributed by atoms with van der Waals surface area (Å²) in [7, 11) is 1.68. The van der Waals surface area contributed by atoms with Crippen molar-refractivity contribution < 1.29 is 14.6 Å². The van der Waals surface area contributed by atoms with Crippen LogP contribution in [0.15, 0.2) is 48.5 Å². The highest BCUT2D eigenvalue weighted by atomic mass is 16.5. The minimum absolute atomic E-state index is 0.332. The number of ether oxygens (including phenoxy) is 1. The number of methoxy groups -OCH3 is 1. The van der Waals surface area contributed by atoms with E-state index in [1.165, 1.54) is 5.69 Å². The fourth-order valence-corrected chi connectivity index (χ4v) is 3.05. The Morgan fingerprint density at radius 3 is 2.92 bits per heavy atom. The van der Waals surface area contributed by atoms with Crippen LogP contribution in [0.5, 0.6) is 5.75 Å². The Morgan fingerprint density at radius 2 is 2.12 bits per heavy atom. The molecular weight excluding hydrogens is 304 g/mol. The molecule has 1 atom stereocenters. The second-order valence-electron chi connectivity index (χ2n) is 6.02. The van der Waals surface area contributed by atoms with E-state index < -0.39 is 5.97 Å². The molecule has 1 saturated heterocycles. The fourth-order valence-electron chi connectivity index (χ4n) is 3.05. The predicted octanol–water partition coefficient (Wildman–Crippen LogP) is 2.76. The summed E-state index contributed by atoms with van der Waals surface area (Å²) >= 11 is 0. The van der Waals surface area contributed by atoms with Crippen LogP contribution in [-0.2, 0) is 6.54 Å². The highest BCUT2D eigenvalue weighted by Crippen LogP contribution is 2.24. The molecule has 0 aliphatic carbocycles. The van der Waals surface area contributed by atoms with Crippen LogP contribution in [0.25, 0.3) is 0 Å². The summed E-state index contributed by atoms with van der Waals surface area (Å²) in [4.78, 5) is 13.4. The van der Waals surface area contributed by atoms with Crippen molar-refractivity contribution >= 4 is 11.7 Å². The molecule has 0 amide bonds. The van der Waals surface area contributed by atoms with E-state index in [0.717, 1.165) is 30.8 Å². The average Bonchev–Trinajstić information content (AvgIpc) is 3.09. The molecule has 1 aliphatic rings. The predicted molar refractivity (Wildman–Crippen MR) is 93.9 cm³/mol. The number of aromatic carboxylic acids is 1. The molecule has 24 heavy (non-hydrogen) atoms. The van der Waals surface area contributed by atoms with Gasteiger partial charge in [-0.3, -0.25) is 0 Å². The molecule has 5 heteroatoms. The SMILES string of the molecule is COc1cccc(N2CCC(NCc3cccc(C(=O)O)c3)C2)c1. The number of anilines is 1. The van der Waals surface area contributed by atoms with Gasteiger partial charge in [-0.05, 0) is 36.2 Å². The summed E-state index contributed by atoms with van der Waals surface area (Å²) < 4.78 is 5.29. The summed E-state index contributed by atoms with van der Waals surface area (Å²) in [6, 6.07) is 15.6. The molecule has 1 aliphatic heterocycles. The van der Waals surface area contributed by atoms with Gasteiger partial charge in [0.25, 0.3) is 0 Å². The molecule has 0 bridgehead atoms. The van der Waals surface area contributed by atoms with Crippen LogP contribution >= 0.6 is 0 Å². The van der Waals surface area contributed by atoms with Gasteiger partial charge in [0.1, 0.15) is 5.75 Å². The van der Waals surface area contributed by atoms with Crippen LogP contribution in [0.1, 0.15) is 22.3 Å². The molecule has 126 valence electrons. The van der Waals surface area contributed by atoms with E-state index in [2.05, 4.69) is 22.3 Å². The number of nitrogens with zero attached hydrogens (tertiary/aromatic N) is 1. The van der Waals surface area contributed by atoms with Crippen molar-refractivity contribution in [3.8, 4) is 5.75 Å². The molecule has 2 aromatic rings. The zero-order valence-electron chi connectivity index (χ0n) is 13.7. The third-order valence-electron chi connectivity index (χ3n) is 4.38. The lowest BCUT2D eigenvalue weighted by Crippen LogP contribution is -2.32. The summed E-state index contributed by atoms with van der Waals surface area (Å²) in [5.41, 5.74) is 2.50. The van der Waals surface area contributed by atoms with Gasteiger partial charge in [0.2, 0.25) is 0 Å². The first-order valence-electron chi connectivity index (χ1n) is 8.10. The molecular formula is C19H22N2O3. The van der Waals surface area contributed by atoms with Gasteiger partial charge in [0, 0.05) is 37.4 Å².